The number of aromatic nitrogens is 1. The van der Waals surface area contributed by atoms with Crippen molar-refractivity contribution in [3.63, 3.8) is 0 Å². The molecule has 1 heterocycles. The minimum absolute atomic E-state index is 0.0310. The number of para-hydroxylation sites is 1. The normalized spacial score (nSPS) is 19.5. The standard InChI is InChI=1S/C26H37N3O3S/c1-18(15-26(2,3)4)14-23(30)27-20-12-8-9-13-21(20)29-25(31)22-17-33-24(28-22)16-32-19-10-6-5-7-11-19/h5-7,10-11,17-18,20-21H,8-9,12-16H2,1-4H3,(H,27,30)(H,29,31)/t18-,20-,21+/m1/s1. The Morgan fingerprint density at radius 1 is 1.12 bits per heavy atom. The van der Waals surface area contributed by atoms with Gasteiger partial charge in [0, 0.05) is 23.9 Å². The van der Waals surface area contributed by atoms with E-state index >= 15 is 0 Å². The molecule has 2 N–H and O–H groups in total. The van der Waals surface area contributed by atoms with Crippen molar-refractivity contribution in [2.24, 2.45) is 11.3 Å². The predicted molar refractivity (Wildman–Crippen MR) is 132 cm³/mol. The second kappa shape index (κ2) is 11.6. The molecule has 1 aromatic carbocycles. The zero-order valence-corrected chi connectivity index (χ0v) is 21.0. The fourth-order valence-corrected chi connectivity index (χ4v) is 5.25. The molecule has 2 amide bonds. The third kappa shape index (κ3) is 8.46. The number of amides is 2. The third-order valence-corrected chi connectivity index (χ3v) is 6.64. The molecule has 1 aromatic heterocycles. The first-order valence-corrected chi connectivity index (χ1v) is 12.8. The lowest BCUT2D eigenvalue weighted by Crippen LogP contribution is -2.53. The van der Waals surface area contributed by atoms with Crippen molar-refractivity contribution >= 4 is 23.2 Å². The lowest BCUT2D eigenvalue weighted by Gasteiger charge is -2.33. The number of nitrogens with one attached hydrogen (secondary N) is 2. The van der Waals surface area contributed by atoms with Crippen molar-refractivity contribution in [3.8, 4) is 5.75 Å². The molecular weight excluding hydrogens is 434 g/mol. The number of carbonyl (C=O) groups is 2. The number of carbonyl (C=O) groups excluding carboxylic acids is 2. The average Bonchev–Trinajstić information content (AvgIpc) is 3.22. The average molecular weight is 472 g/mol. The van der Waals surface area contributed by atoms with Gasteiger partial charge in [-0.2, -0.15) is 0 Å². The Kier molecular flexibility index (Phi) is 8.89. The number of hydrogen-bond donors (Lipinski definition) is 2. The molecule has 33 heavy (non-hydrogen) atoms. The maximum atomic E-state index is 12.8. The van der Waals surface area contributed by atoms with Gasteiger partial charge in [0.2, 0.25) is 5.91 Å². The summed E-state index contributed by atoms with van der Waals surface area (Å²) in [5.41, 5.74) is 0.612. The van der Waals surface area contributed by atoms with Crippen LogP contribution in [-0.4, -0.2) is 28.9 Å². The number of thiazole rings is 1. The van der Waals surface area contributed by atoms with E-state index in [0.717, 1.165) is 42.9 Å². The number of ether oxygens (including phenoxy) is 1. The summed E-state index contributed by atoms with van der Waals surface area (Å²) >= 11 is 1.42. The molecule has 180 valence electrons. The Labute approximate surface area is 201 Å². The first-order chi connectivity index (χ1) is 15.7. The van der Waals surface area contributed by atoms with E-state index < -0.39 is 0 Å². The van der Waals surface area contributed by atoms with Gasteiger partial charge in [-0.1, -0.05) is 58.7 Å². The molecule has 2 aromatic rings. The Morgan fingerprint density at radius 3 is 2.45 bits per heavy atom. The third-order valence-electron chi connectivity index (χ3n) is 5.81. The Balaban J connectivity index is 1.51. The fraction of sp³-hybridized carbons (Fsp3) is 0.577. The van der Waals surface area contributed by atoms with Crippen LogP contribution in [0.1, 0.15) is 81.7 Å². The highest BCUT2D eigenvalue weighted by atomic mass is 32.1. The van der Waals surface area contributed by atoms with E-state index in [4.69, 9.17) is 4.74 Å². The minimum Gasteiger partial charge on any atom is -0.486 e. The summed E-state index contributed by atoms with van der Waals surface area (Å²) in [7, 11) is 0. The van der Waals surface area contributed by atoms with Gasteiger partial charge in [0.15, 0.2) is 0 Å². The molecular formula is C26H37N3O3S. The first-order valence-electron chi connectivity index (χ1n) is 11.9. The van der Waals surface area contributed by atoms with Gasteiger partial charge in [-0.15, -0.1) is 11.3 Å². The molecule has 0 radical (unpaired) electrons. The topological polar surface area (TPSA) is 80.3 Å². The number of hydrogen-bond acceptors (Lipinski definition) is 5. The van der Waals surface area contributed by atoms with Crippen molar-refractivity contribution < 1.29 is 14.3 Å². The number of benzene rings is 1. The predicted octanol–water partition coefficient (Wildman–Crippen LogP) is 5.34. The molecule has 1 aliphatic carbocycles. The van der Waals surface area contributed by atoms with Gasteiger partial charge in [0.25, 0.3) is 5.91 Å². The van der Waals surface area contributed by atoms with Crippen LogP contribution in [0.15, 0.2) is 35.7 Å². The van der Waals surface area contributed by atoms with E-state index in [1.807, 2.05) is 30.3 Å². The van der Waals surface area contributed by atoms with Crippen molar-refractivity contribution in [1.29, 1.82) is 0 Å². The van der Waals surface area contributed by atoms with Crippen LogP contribution in [0.3, 0.4) is 0 Å². The molecule has 3 atom stereocenters. The molecule has 0 spiro atoms. The minimum atomic E-state index is -0.190. The van der Waals surface area contributed by atoms with Gasteiger partial charge in [0.1, 0.15) is 23.1 Å². The van der Waals surface area contributed by atoms with Gasteiger partial charge in [-0.3, -0.25) is 9.59 Å². The van der Waals surface area contributed by atoms with Crippen molar-refractivity contribution in [1.82, 2.24) is 15.6 Å². The molecule has 6 nitrogen and oxygen atoms in total. The maximum absolute atomic E-state index is 12.8. The summed E-state index contributed by atoms with van der Waals surface area (Å²) < 4.78 is 5.73. The second-order valence-electron chi connectivity index (χ2n) is 10.3. The van der Waals surface area contributed by atoms with Crippen molar-refractivity contribution in [2.75, 3.05) is 0 Å². The lowest BCUT2D eigenvalue weighted by molar-refractivity contribution is -0.123. The molecule has 0 saturated heterocycles. The highest BCUT2D eigenvalue weighted by Gasteiger charge is 2.29. The van der Waals surface area contributed by atoms with Gasteiger partial charge < -0.3 is 15.4 Å². The lowest BCUT2D eigenvalue weighted by atomic mass is 9.84. The highest BCUT2D eigenvalue weighted by Crippen LogP contribution is 2.26. The molecule has 1 saturated carbocycles. The molecule has 1 fully saturated rings. The Hall–Kier alpha value is -2.41. The number of rotatable bonds is 9. The Bertz CT molecular complexity index is 907. The monoisotopic (exact) mass is 471 g/mol. The van der Waals surface area contributed by atoms with E-state index in [1.165, 1.54) is 11.3 Å². The van der Waals surface area contributed by atoms with Gasteiger partial charge >= 0.3 is 0 Å². The van der Waals surface area contributed by atoms with Crippen LogP contribution in [0.4, 0.5) is 0 Å². The molecule has 0 aliphatic heterocycles. The summed E-state index contributed by atoms with van der Waals surface area (Å²) in [6.07, 6.45) is 5.38. The van der Waals surface area contributed by atoms with Crippen LogP contribution in [0.25, 0.3) is 0 Å². The smallest absolute Gasteiger partial charge is 0.271 e. The van der Waals surface area contributed by atoms with Crippen LogP contribution in [0.2, 0.25) is 0 Å². The first kappa shape index (κ1) is 25.2. The van der Waals surface area contributed by atoms with E-state index in [2.05, 4.69) is 43.3 Å². The zero-order chi connectivity index (χ0) is 23.8. The molecule has 7 heteroatoms. The SMILES string of the molecule is C[C@H](CC(=O)N[C@@H]1CCCC[C@@H]1NC(=O)c1csc(COc2ccccc2)n1)CC(C)(C)C. The van der Waals surface area contributed by atoms with Gasteiger partial charge in [0.05, 0.1) is 0 Å². The van der Waals surface area contributed by atoms with E-state index in [-0.39, 0.29) is 29.3 Å². The molecule has 1 aliphatic rings. The summed E-state index contributed by atoms with van der Waals surface area (Å²) in [5.74, 6) is 0.987. The van der Waals surface area contributed by atoms with Crippen molar-refractivity contribution in [2.45, 2.75) is 84.9 Å². The van der Waals surface area contributed by atoms with Crippen LogP contribution in [0.5, 0.6) is 5.75 Å². The van der Waals surface area contributed by atoms with Gasteiger partial charge in [-0.05, 0) is 42.7 Å². The van der Waals surface area contributed by atoms with E-state index in [1.54, 1.807) is 5.38 Å². The van der Waals surface area contributed by atoms with E-state index in [9.17, 15) is 9.59 Å². The Morgan fingerprint density at radius 2 is 1.79 bits per heavy atom. The summed E-state index contributed by atoms with van der Waals surface area (Å²) in [6, 6.07) is 9.45. The van der Waals surface area contributed by atoms with Gasteiger partial charge in [-0.25, -0.2) is 4.98 Å². The van der Waals surface area contributed by atoms with Crippen LogP contribution >= 0.6 is 11.3 Å². The quantitative estimate of drug-likeness (QED) is 0.517. The molecule has 3 rings (SSSR count). The second-order valence-corrected chi connectivity index (χ2v) is 11.3. The summed E-state index contributed by atoms with van der Waals surface area (Å²) in [5, 5.41) is 8.84. The van der Waals surface area contributed by atoms with E-state index in [0.29, 0.717) is 24.6 Å². The largest absolute Gasteiger partial charge is 0.486 e. The highest BCUT2D eigenvalue weighted by molar-refractivity contribution is 7.09. The van der Waals surface area contributed by atoms with Crippen molar-refractivity contribution in [3.05, 3.63) is 46.4 Å². The van der Waals surface area contributed by atoms with Crippen LogP contribution < -0.4 is 15.4 Å². The summed E-state index contributed by atoms with van der Waals surface area (Å²) in [4.78, 5) is 29.9. The fourth-order valence-electron chi connectivity index (χ4n) is 4.56. The summed E-state index contributed by atoms with van der Waals surface area (Å²) in [6.45, 7) is 9.06. The number of nitrogens with zero attached hydrogens (tertiary/aromatic N) is 1. The maximum Gasteiger partial charge on any atom is 0.271 e. The zero-order valence-electron chi connectivity index (χ0n) is 20.2. The molecule has 0 bridgehead atoms. The molecule has 0 unspecified atom stereocenters. The van der Waals surface area contributed by atoms with Crippen LogP contribution in [-0.2, 0) is 11.4 Å². The van der Waals surface area contributed by atoms with Crippen LogP contribution in [0, 0.1) is 11.3 Å².